The van der Waals surface area contributed by atoms with Crippen molar-refractivity contribution >= 4 is 27.7 Å². The Kier molecular flexibility index (Phi) is 10.1. The maximum Gasteiger partial charge on any atom is 0.252 e. The van der Waals surface area contributed by atoms with Crippen LogP contribution in [-0.2, 0) is 16.0 Å². The molecule has 2 N–H and O–H groups in total. The second-order valence-corrected chi connectivity index (χ2v) is 10.7. The number of carbonyl (C=O) groups excluding carboxylic acids is 1. The number of benzene rings is 3. The van der Waals surface area contributed by atoms with Crippen LogP contribution < -0.4 is 10.1 Å². The monoisotopic (exact) mass is 593 g/mol. The van der Waals surface area contributed by atoms with E-state index in [0.717, 1.165) is 34.1 Å². The van der Waals surface area contributed by atoms with Crippen molar-refractivity contribution in [1.82, 2.24) is 10.2 Å². The van der Waals surface area contributed by atoms with Crippen LogP contribution in [0.25, 0.3) is 0 Å². The van der Waals surface area contributed by atoms with Crippen LogP contribution in [-0.4, -0.2) is 67.7 Å². The molecule has 0 spiro atoms. The van der Waals surface area contributed by atoms with Crippen LogP contribution in [0.2, 0.25) is 0 Å². The maximum absolute atomic E-state index is 14.1. The molecule has 8 heteroatoms. The highest BCUT2D eigenvalue weighted by Crippen LogP contribution is 2.44. The number of hydrogen-bond acceptors (Lipinski definition) is 6. The number of nitrogens with zero attached hydrogens (tertiary/aromatic N) is 2. The number of nitrogens with one attached hydrogen (secondary N) is 1. The van der Waals surface area contributed by atoms with E-state index in [9.17, 15) is 4.79 Å². The van der Waals surface area contributed by atoms with Crippen molar-refractivity contribution in [3.8, 4) is 5.75 Å². The van der Waals surface area contributed by atoms with Gasteiger partial charge in [0.1, 0.15) is 5.75 Å². The summed E-state index contributed by atoms with van der Waals surface area (Å²) in [5, 5.41) is 12.2. The summed E-state index contributed by atoms with van der Waals surface area (Å²) in [7, 11) is 4.04. The molecule has 2 atom stereocenters. The molecule has 1 aliphatic heterocycles. The van der Waals surface area contributed by atoms with Gasteiger partial charge in [-0.05, 0) is 63.0 Å². The lowest BCUT2D eigenvalue weighted by molar-refractivity contribution is -0.129. The van der Waals surface area contributed by atoms with Crippen molar-refractivity contribution in [2.24, 2.45) is 4.99 Å². The number of aliphatic hydroxyl groups excluding tert-OH is 1. The Morgan fingerprint density at radius 2 is 1.77 bits per heavy atom. The smallest absolute Gasteiger partial charge is 0.252 e. The highest BCUT2D eigenvalue weighted by molar-refractivity contribution is 9.10. The fourth-order valence-corrected chi connectivity index (χ4v) is 5.10. The van der Waals surface area contributed by atoms with E-state index >= 15 is 0 Å². The first-order chi connectivity index (χ1) is 18.9. The van der Waals surface area contributed by atoms with Crippen LogP contribution >= 0.6 is 15.9 Å². The third kappa shape index (κ3) is 7.26. The fourth-order valence-electron chi connectivity index (χ4n) is 4.60. The second-order valence-electron chi connectivity index (χ2n) is 9.89. The normalized spacial score (nSPS) is 18.5. The number of hydrogen-bond donors (Lipinski definition) is 2. The second kappa shape index (κ2) is 13.7. The minimum Gasteiger partial charge on any atom is -0.494 e. The van der Waals surface area contributed by atoms with Crippen molar-refractivity contribution in [2.45, 2.75) is 30.9 Å². The summed E-state index contributed by atoms with van der Waals surface area (Å²) in [6.45, 7) is 1.93. The van der Waals surface area contributed by atoms with Gasteiger partial charge in [-0.1, -0.05) is 64.5 Å². The Morgan fingerprint density at radius 3 is 2.46 bits per heavy atom. The summed E-state index contributed by atoms with van der Waals surface area (Å²) in [6, 6.07) is 25.2. The molecule has 0 aliphatic carbocycles. The molecule has 0 aromatic heterocycles. The first-order valence-electron chi connectivity index (χ1n) is 13.2. The van der Waals surface area contributed by atoms with E-state index in [4.69, 9.17) is 19.6 Å². The molecular weight excluding hydrogens is 558 g/mol. The van der Waals surface area contributed by atoms with E-state index in [0.29, 0.717) is 37.6 Å². The first kappa shape index (κ1) is 28.8. The summed E-state index contributed by atoms with van der Waals surface area (Å²) in [6.07, 6.45) is 1.13. The van der Waals surface area contributed by atoms with Gasteiger partial charge in [-0.2, -0.15) is 0 Å². The van der Waals surface area contributed by atoms with E-state index in [1.807, 2.05) is 93.0 Å². The molecule has 3 aromatic carbocycles. The summed E-state index contributed by atoms with van der Waals surface area (Å²) in [5.41, 5.74) is 1.41. The predicted octanol–water partition coefficient (Wildman–Crippen LogP) is 4.78. The lowest BCUT2D eigenvalue weighted by Crippen LogP contribution is -2.50. The number of ether oxygens (including phenoxy) is 2. The number of rotatable bonds is 13. The van der Waals surface area contributed by atoms with Crippen molar-refractivity contribution < 1.29 is 19.4 Å². The molecule has 0 saturated heterocycles. The van der Waals surface area contributed by atoms with Gasteiger partial charge in [0.2, 0.25) is 5.90 Å². The molecular formula is C31H36BrN3O4. The molecule has 4 rings (SSSR count). The average molecular weight is 595 g/mol. The lowest BCUT2D eigenvalue weighted by atomic mass is 9.82. The summed E-state index contributed by atoms with van der Waals surface area (Å²) < 4.78 is 13.1. The molecule has 0 radical (unpaired) electrons. The Labute approximate surface area is 239 Å². The van der Waals surface area contributed by atoms with Gasteiger partial charge in [0, 0.05) is 41.6 Å². The summed E-state index contributed by atoms with van der Waals surface area (Å²) in [4.78, 5) is 21.3. The van der Waals surface area contributed by atoms with Crippen LogP contribution in [0, 0.1) is 0 Å². The van der Waals surface area contributed by atoms with Gasteiger partial charge in [-0.25, -0.2) is 4.99 Å². The minimum atomic E-state index is -1.21. The van der Waals surface area contributed by atoms with Crippen molar-refractivity contribution in [1.29, 1.82) is 0 Å². The van der Waals surface area contributed by atoms with Crippen LogP contribution in [0.5, 0.6) is 5.75 Å². The topological polar surface area (TPSA) is 83.4 Å². The molecule has 0 bridgehead atoms. The highest BCUT2D eigenvalue weighted by atomic mass is 79.9. The number of aliphatic imine (C=N–C) groups is 1. The molecule has 1 heterocycles. The standard InChI is InChI=1S/C31H36BrN3O4/c1-35(2)19-8-18-33-30(37)31(22-23-10-4-3-5-11-23)28(26-12-6-7-13-27(26)32)39-29(34-31)24-14-16-25(17-15-24)38-21-9-20-36/h3-7,10-17,28,36H,8-9,18-22H2,1-2H3,(H,33,37)/t28-,31-/m1/s1. The van der Waals surface area contributed by atoms with Crippen molar-refractivity contribution in [3.63, 3.8) is 0 Å². The van der Waals surface area contributed by atoms with Crippen LogP contribution in [0.15, 0.2) is 88.3 Å². The van der Waals surface area contributed by atoms with E-state index in [1.54, 1.807) is 0 Å². The van der Waals surface area contributed by atoms with Gasteiger partial charge in [0.15, 0.2) is 11.6 Å². The van der Waals surface area contributed by atoms with Crippen LogP contribution in [0.3, 0.4) is 0 Å². The Morgan fingerprint density at radius 1 is 1.05 bits per heavy atom. The zero-order chi connectivity index (χ0) is 27.7. The van der Waals surface area contributed by atoms with E-state index in [-0.39, 0.29) is 12.5 Å². The third-order valence-electron chi connectivity index (χ3n) is 6.60. The zero-order valence-electron chi connectivity index (χ0n) is 22.5. The zero-order valence-corrected chi connectivity index (χ0v) is 24.1. The fraction of sp³-hybridized carbons (Fsp3) is 0.355. The van der Waals surface area contributed by atoms with Crippen LogP contribution in [0.1, 0.15) is 35.6 Å². The van der Waals surface area contributed by atoms with E-state index in [2.05, 4.69) is 26.1 Å². The Bertz CT molecular complexity index is 1250. The number of carbonyl (C=O) groups is 1. The number of aliphatic hydroxyl groups is 1. The minimum absolute atomic E-state index is 0.0832. The first-order valence-corrected chi connectivity index (χ1v) is 14.0. The average Bonchev–Trinajstić information content (AvgIpc) is 3.32. The summed E-state index contributed by atoms with van der Waals surface area (Å²) in [5.74, 6) is 0.948. The molecule has 0 saturated carbocycles. The molecule has 206 valence electrons. The van der Waals surface area contributed by atoms with Gasteiger partial charge < -0.3 is 24.8 Å². The van der Waals surface area contributed by atoms with Crippen molar-refractivity contribution in [2.75, 3.05) is 40.4 Å². The molecule has 0 fully saturated rings. The molecule has 0 unspecified atom stereocenters. The molecule has 7 nitrogen and oxygen atoms in total. The Balaban J connectivity index is 1.73. The lowest BCUT2D eigenvalue weighted by Gasteiger charge is -2.31. The predicted molar refractivity (Wildman–Crippen MR) is 157 cm³/mol. The number of halogens is 1. The third-order valence-corrected chi connectivity index (χ3v) is 7.32. The Hall–Kier alpha value is -3.20. The SMILES string of the molecule is CN(C)CCCNC(=O)[C@]1(Cc2ccccc2)N=C(c2ccc(OCCCO)cc2)O[C@@H]1c1ccccc1Br. The van der Waals surface area contributed by atoms with E-state index in [1.165, 1.54) is 0 Å². The van der Waals surface area contributed by atoms with Gasteiger partial charge in [0.25, 0.3) is 5.91 Å². The van der Waals surface area contributed by atoms with Crippen molar-refractivity contribution in [3.05, 3.63) is 100 Å². The molecule has 39 heavy (non-hydrogen) atoms. The number of amides is 1. The van der Waals surface area contributed by atoms with E-state index < -0.39 is 11.6 Å². The van der Waals surface area contributed by atoms with Crippen LogP contribution in [0.4, 0.5) is 0 Å². The highest BCUT2D eigenvalue weighted by Gasteiger charge is 2.53. The quantitative estimate of drug-likeness (QED) is 0.279. The van der Waals surface area contributed by atoms with Gasteiger partial charge in [0.05, 0.1) is 6.61 Å². The van der Waals surface area contributed by atoms with Gasteiger partial charge in [-0.3, -0.25) is 4.79 Å². The molecule has 1 amide bonds. The largest absolute Gasteiger partial charge is 0.494 e. The van der Waals surface area contributed by atoms with Gasteiger partial charge in [-0.15, -0.1) is 0 Å². The maximum atomic E-state index is 14.1. The molecule has 1 aliphatic rings. The van der Waals surface area contributed by atoms with Gasteiger partial charge >= 0.3 is 0 Å². The molecule has 3 aromatic rings. The summed E-state index contributed by atoms with van der Waals surface area (Å²) >= 11 is 3.69.